The van der Waals surface area contributed by atoms with E-state index in [2.05, 4.69) is 16.2 Å². The fourth-order valence-corrected chi connectivity index (χ4v) is 1.25. The first-order valence-corrected chi connectivity index (χ1v) is 4.75. The van der Waals surface area contributed by atoms with Crippen LogP contribution >= 0.6 is 0 Å². The predicted molar refractivity (Wildman–Crippen MR) is 56.5 cm³/mol. The molecule has 0 amide bonds. The molecule has 0 aliphatic carbocycles. The van der Waals surface area contributed by atoms with Crippen LogP contribution in [0.15, 0.2) is 30.6 Å². The Morgan fingerprint density at radius 3 is 3.06 bits per heavy atom. The third-order valence-corrected chi connectivity index (χ3v) is 2.14. The van der Waals surface area contributed by atoms with Crippen LogP contribution in [0.25, 0.3) is 0 Å². The molecular weight excluding hydrogens is 204 g/mol. The number of benzene rings is 1. The normalized spacial score (nSPS) is 9.75. The molecule has 0 radical (unpaired) electrons. The van der Waals surface area contributed by atoms with Gasteiger partial charge in [-0.3, -0.25) is 4.68 Å². The van der Waals surface area contributed by atoms with Gasteiger partial charge in [-0.2, -0.15) is 10.4 Å². The lowest BCUT2D eigenvalue weighted by Gasteiger charge is -2.05. The second-order valence-corrected chi connectivity index (χ2v) is 3.23. The fourth-order valence-electron chi connectivity index (χ4n) is 1.25. The lowest BCUT2D eigenvalue weighted by molar-refractivity contribution is 0.289. The zero-order valence-electron chi connectivity index (χ0n) is 8.79. The van der Waals surface area contributed by atoms with Gasteiger partial charge in [-0.05, 0) is 18.2 Å². The van der Waals surface area contributed by atoms with Crippen LogP contribution in [-0.4, -0.2) is 14.8 Å². The second-order valence-electron chi connectivity index (χ2n) is 3.23. The van der Waals surface area contributed by atoms with Crippen LogP contribution in [0.2, 0.25) is 0 Å². The third-order valence-electron chi connectivity index (χ3n) is 2.14. The van der Waals surface area contributed by atoms with Gasteiger partial charge in [-0.25, -0.2) is 4.98 Å². The fraction of sp³-hybridized carbons (Fsp3) is 0.182. The van der Waals surface area contributed by atoms with Gasteiger partial charge in [0.15, 0.2) is 5.82 Å². The van der Waals surface area contributed by atoms with Crippen LogP contribution in [0.4, 0.5) is 0 Å². The van der Waals surface area contributed by atoms with Gasteiger partial charge in [0, 0.05) is 7.05 Å². The maximum atomic E-state index is 8.73. The molecule has 0 saturated carbocycles. The standard InChI is InChI=1S/C11H10N4O/c1-15-11(13-8-14-15)7-16-10-4-2-3-9(5-10)6-12/h2-5,8H,7H2,1H3. The number of hydrogen-bond acceptors (Lipinski definition) is 4. The molecule has 1 aromatic heterocycles. The molecule has 0 saturated heterocycles. The van der Waals surface area contributed by atoms with E-state index in [1.807, 2.05) is 0 Å². The Morgan fingerprint density at radius 2 is 2.38 bits per heavy atom. The van der Waals surface area contributed by atoms with Crippen LogP contribution in [0.1, 0.15) is 11.4 Å². The van der Waals surface area contributed by atoms with E-state index in [4.69, 9.17) is 10.00 Å². The van der Waals surface area contributed by atoms with E-state index >= 15 is 0 Å². The van der Waals surface area contributed by atoms with E-state index in [0.717, 1.165) is 5.82 Å². The largest absolute Gasteiger partial charge is 0.486 e. The number of nitrogens with zero attached hydrogens (tertiary/aromatic N) is 4. The van der Waals surface area contributed by atoms with Crippen molar-refractivity contribution in [3.8, 4) is 11.8 Å². The zero-order valence-corrected chi connectivity index (χ0v) is 8.79. The molecule has 0 unspecified atom stereocenters. The van der Waals surface area contributed by atoms with Crippen molar-refractivity contribution in [1.29, 1.82) is 5.26 Å². The molecule has 1 aromatic carbocycles. The first kappa shape index (κ1) is 10.2. The summed E-state index contributed by atoms with van der Waals surface area (Å²) in [5, 5.41) is 12.7. The lowest BCUT2D eigenvalue weighted by Crippen LogP contribution is -2.04. The topological polar surface area (TPSA) is 63.7 Å². The molecule has 0 spiro atoms. The van der Waals surface area contributed by atoms with Crippen molar-refractivity contribution < 1.29 is 4.74 Å². The molecule has 2 rings (SSSR count). The van der Waals surface area contributed by atoms with Crippen molar-refractivity contribution in [2.75, 3.05) is 0 Å². The maximum Gasteiger partial charge on any atom is 0.164 e. The molecule has 16 heavy (non-hydrogen) atoms. The smallest absolute Gasteiger partial charge is 0.164 e. The third kappa shape index (κ3) is 2.17. The molecule has 0 fully saturated rings. The van der Waals surface area contributed by atoms with E-state index in [1.165, 1.54) is 6.33 Å². The van der Waals surface area contributed by atoms with Gasteiger partial charge >= 0.3 is 0 Å². The van der Waals surface area contributed by atoms with Crippen LogP contribution in [0.3, 0.4) is 0 Å². The highest BCUT2D eigenvalue weighted by molar-refractivity contribution is 5.36. The van der Waals surface area contributed by atoms with Crippen LogP contribution < -0.4 is 4.74 Å². The molecule has 5 heteroatoms. The first-order chi connectivity index (χ1) is 7.79. The Morgan fingerprint density at radius 1 is 1.50 bits per heavy atom. The molecule has 5 nitrogen and oxygen atoms in total. The number of nitriles is 1. The van der Waals surface area contributed by atoms with Gasteiger partial charge in [-0.15, -0.1) is 0 Å². The van der Waals surface area contributed by atoms with Crippen LogP contribution in [0, 0.1) is 11.3 Å². The van der Waals surface area contributed by atoms with Gasteiger partial charge < -0.3 is 4.74 Å². The average Bonchev–Trinajstić information content (AvgIpc) is 2.72. The van der Waals surface area contributed by atoms with Gasteiger partial charge in [0.2, 0.25) is 0 Å². The van der Waals surface area contributed by atoms with Crippen molar-refractivity contribution in [2.45, 2.75) is 6.61 Å². The SMILES string of the molecule is Cn1ncnc1COc1cccc(C#N)c1. The molecule has 0 bridgehead atoms. The Balaban J connectivity index is 2.05. The van der Waals surface area contributed by atoms with Crippen LogP contribution in [-0.2, 0) is 13.7 Å². The van der Waals surface area contributed by atoms with Crippen LogP contribution in [0.5, 0.6) is 5.75 Å². The van der Waals surface area contributed by atoms with Gasteiger partial charge in [0.1, 0.15) is 18.7 Å². The Hall–Kier alpha value is -2.35. The molecule has 0 aliphatic rings. The lowest BCUT2D eigenvalue weighted by atomic mass is 10.2. The summed E-state index contributed by atoms with van der Waals surface area (Å²) < 4.78 is 7.15. The highest BCUT2D eigenvalue weighted by Crippen LogP contribution is 2.13. The number of hydrogen-bond donors (Lipinski definition) is 0. The summed E-state index contributed by atoms with van der Waals surface area (Å²) in [5.74, 6) is 1.39. The highest BCUT2D eigenvalue weighted by atomic mass is 16.5. The highest BCUT2D eigenvalue weighted by Gasteiger charge is 2.01. The van der Waals surface area contributed by atoms with Gasteiger partial charge in [0.25, 0.3) is 0 Å². The van der Waals surface area contributed by atoms with E-state index in [1.54, 1.807) is 36.0 Å². The van der Waals surface area contributed by atoms with Crippen molar-refractivity contribution in [1.82, 2.24) is 14.8 Å². The molecule has 80 valence electrons. The summed E-state index contributed by atoms with van der Waals surface area (Å²) in [7, 11) is 1.80. The summed E-state index contributed by atoms with van der Waals surface area (Å²) in [5.41, 5.74) is 0.579. The predicted octanol–water partition coefficient (Wildman–Crippen LogP) is 1.27. The minimum Gasteiger partial charge on any atom is -0.486 e. The monoisotopic (exact) mass is 214 g/mol. The van der Waals surface area contributed by atoms with E-state index in [0.29, 0.717) is 17.9 Å². The second kappa shape index (κ2) is 4.45. The summed E-state index contributed by atoms with van der Waals surface area (Å²) in [6.07, 6.45) is 1.48. The van der Waals surface area contributed by atoms with E-state index in [-0.39, 0.29) is 0 Å². The molecule has 2 aromatic rings. The molecule has 0 aliphatic heterocycles. The Kier molecular flexibility index (Phi) is 2.83. The maximum absolute atomic E-state index is 8.73. The first-order valence-electron chi connectivity index (χ1n) is 4.75. The van der Waals surface area contributed by atoms with Crippen molar-refractivity contribution >= 4 is 0 Å². The molecule has 0 N–H and O–H groups in total. The van der Waals surface area contributed by atoms with Gasteiger partial charge in [0.05, 0.1) is 11.6 Å². The average molecular weight is 214 g/mol. The molecule has 1 heterocycles. The Labute approximate surface area is 92.9 Å². The van der Waals surface area contributed by atoms with E-state index in [9.17, 15) is 0 Å². The van der Waals surface area contributed by atoms with E-state index < -0.39 is 0 Å². The minimum atomic E-state index is 0.339. The summed E-state index contributed by atoms with van der Waals surface area (Å²) >= 11 is 0. The van der Waals surface area contributed by atoms with Crippen molar-refractivity contribution in [3.05, 3.63) is 42.0 Å². The summed E-state index contributed by atoms with van der Waals surface area (Å²) in [6.45, 7) is 0.339. The number of ether oxygens (including phenoxy) is 1. The molecule has 0 atom stereocenters. The number of aromatic nitrogens is 3. The Bertz CT molecular complexity index is 527. The minimum absolute atomic E-state index is 0.339. The summed E-state index contributed by atoms with van der Waals surface area (Å²) in [4.78, 5) is 4.04. The quantitative estimate of drug-likeness (QED) is 0.771. The molecular formula is C11H10N4O. The van der Waals surface area contributed by atoms with Gasteiger partial charge in [-0.1, -0.05) is 6.07 Å². The zero-order chi connectivity index (χ0) is 11.4. The number of rotatable bonds is 3. The van der Waals surface area contributed by atoms with Crippen molar-refractivity contribution in [3.63, 3.8) is 0 Å². The number of aryl methyl sites for hydroxylation is 1. The summed E-state index contributed by atoms with van der Waals surface area (Å²) in [6, 6.07) is 9.07. The van der Waals surface area contributed by atoms with Crippen molar-refractivity contribution in [2.24, 2.45) is 7.05 Å².